The Morgan fingerprint density at radius 3 is 1.73 bits per heavy atom. The van der Waals surface area contributed by atoms with E-state index in [9.17, 15) is 0 Å². The van der Waals surface area contributed by atoms with Gasteiger partial charge < -0.3 is 14.2 Å². The third-order valence-electron chi connectivity index (χ3n) is 2.13. The molecule has 92 valence electrons. The zero-order valence-electron chi connectivity index (χ0n) is 10.7. The van der Waals surface area contributed by atoms with Gasteiger partial charge in [-0.2, -0.15) is 0 Å². The summed E-state index contributed by atoms with van der Waals surface area (Å²) in [5, 5.41) is 0. The van der Waals surface area contributed by atoms with Crippen molar-refractivity contribution in [1.29, 1.82) is 0 Å². The van der Waals surface area contributed by atoms with Gasteiger partial charge in [-0.05, 0) is 12.8 Å². The number of rotatable bonds is 10. The SMILES string of the molecule is CCCCOC(C)(OC[SiH3])OCCCC. The molecule has 0 amide bonds. The van der Waals surface area contributed by atoms with E-state index in [-0.39, 0.29) is 0 Å². The molecular formula is C11H26O3Si. The molecule has 0 aromatic carbocycles. The van der Waals surface area contributed by atoms with Crippen molar-refractivity contribution in [3.05, 3.63) is 0 Å². The van der Waals surface area contributed by atoms with Crippen molar-refractivity contribution < 1.29 is 14.2 Å². The molecule has 0 unspecified atom stereocenters. The van der Waals surface area contributed by atoms with Crippen molar-refractivity contribution in [2.45, 2.75) is 52.4 Å². The second-order valence-electron chi connectivity index (χ2n) is 3.70. The highest BCUT2D eigenvalue weighted by Crippen LogP contribution is 2.15. The molecule has 0 aliphatic rings. The zero-order chi connectivity index (χ0) is 11.6. The molecule has 0 spiro atoms. The van der Waals surface area contributed by atoms with Crippen molar-refractivity contribution in [3.63, 3.8) is 0 Å². The topological polar surface area (TPSA) is 27.7 Å². The average molecular weight is 234 g/mol. The zero-order valence-corrected chi connectivity index (χ0v) is 12.7. The molecule has 0 aromatic rings. The van der Waals surface area contributed by atoms with Crippen LogP contribution in [0.4, 0.5) is 0 Å². The van der Waals surface area contributed by atoms with Crippen LogP contribution in [0, 0.1) is 0 Å². The standard InChI is InChI=1S/C11H26O3Si/c1-4-6-8-12-11(3,14-10-15)13-9-7-5-2/h4-10H2,1-3,15H3. The molecule has 3 nitrogen and oxygen atoms in total. The third kappa shape index (κ3) is 7.96. The van der Waals surface area contributed by atoms with Gasteiger partial charge in [0.25, 0.3) is 5.97 Å². The highest BCUT2D eigenvalue weighted by molar-refractivity contribution is 6.08. The molecule has 0 heterocycles. The molecule has 0 saturated carbocycles. The summed E-state index contributed by atoms with van der Waals surface area (Å²) in [6, 6.07) is 0. The van der Waals surface area contributed by atoms with Gasteiger partial charge in [-0.1, -0.05) is 26.7 Å². The van der Waals surface area contributed by atoms with Crippen LogP contribution in [0.1, 0.15) is 46.5 Å². The summed E-state index contributed by atoms with van der Waals surface area (Å²) in [6.45, 7) is 7.58. The van der Waals surface area contributed by atoms with E-state index in [4.69, 9.17) is 14.2 Å². The first-order valence-corrected chi connectivity index (χ1v) is 7.51. The van der Waals surface area contributed by atoms with Crippen molar-refractivity contribution in [2.75, 3.05) is 19.4 Å². The number of unbranched alkanes of at least 4 members (excludes halogenated alkanes) is 2. The molecule has 0 rings (SSSR count). The Balaban J connectivity index is 3.83. The maximum atomic E-state index is 5.63. The quantitative estimate of drug-likeness (QED) is 0.327. The first-order chi connectivity index (χ1) is 7.18. The van der Waals surface area contributed by atoms with E-state index in [1.54, 1.807) is 0 Å². The van der Waals surface area contributed by atoms with Gasteiger partial charge in [-0.25, -0.2) is 0 Å². The lowest BCUT2D eigenvalue weighted by molar-refractivity contribution is -0.364. The predicted molar refractivity (Wildman–Crippen MR) is 66.0 cm³/mol. The van der Waals surface area contributed by atoms with Gasteiger partial charge in [0.2, 0.25) is 0 Å². The monoisotopic (exact) mass is 234 g/mol. The Hall–Kier alpha value is 0.0969. The second kappa shape index (κ2) is 9.33. The van der Waals surface area contributed by atoms with Crippen LogP contribution in [-0.4, -0.2) is 35.7 Å². The summed E-state index contributed by atoms with van der Waals surface area (Å²) in [7, 11) is 1.01. The van der Waals surface area contributed by atoms with Gasteiger partial charge in [0, 0.05) is 23.4 Å². The van der Waals surface area contributed by atoms with Gasteiger partial charge in [-0.15, -0.1) is 0 Å². The fourth-order valence-corrected chi connectivity index (χ4v) is 1.72. The Morgan fingerprint density at radius 2 is 1.40 bits per heavy atom. The fraction of sp³-hybridized carbons (Fsp3) is 1.00. The van der Waals surface area contributed by atoms with Crippen molar-refractivity contribution in [1.82, 2.24) is 0 Å². The third-order valence-corrected chi connectivity index (χ3v) is 2.42. The Bertz CT molecular complexity index is 132. The van der Waals surface area contributed by atoms with Crippen LogP contribution in [0.5, 0.6) is 0 Å². The lowest BCUT2D eigenvalue weighted by Gasteiger charge is -2.29. The van der Waals surface area contributed by atoms with Gasteiger partial charge in [0.15, 0.2) is 0 Å². The Kier molecular flexibility index (Phi) is 9.39. The molecule has 0 aliphatic carbocycles. The smallest absolute Gasteiger partial charge is 0.279 e. The van der Waals surface area contributed by atoms with E-state index in [2.05, 4.69) is 13.8 Å². The number of hydrogen-bond donors (Lipinski definition) is 0. The van der Waals surface area contributed by atoms with Crippen LogP contribution < -0.4 is 0 Å². The molecule has 0 aliphatic heterocycles. The summed E-state index contributed by atoms with van der Waals surface area (Å²) in [6.07, 6.45) is 5.11. The normalized spacial score (nSPS) is 12.2. The Morgan fingerprint density at radius 1 is 0.933 bits per heavy atom. The van der Waals surface area contributed by atoms with E-state index >= 15 is 0 Å². The van der Waals surface area contributed by atoms with Gasteiger partial charge in [0.05, 0.1) is 13.2 Å². The van der Waals surface area contributed by atoms with E-state index in [1.807, 2.05) is 6.92 Å². The van der Waals surface area contributed by atoms with Crippen molar-refractivity contribution >= 4 is 10.2 Å². The maximum absolute atomic E-state index is 5.63. The van der Waals surface area contributed by atoms with E-state index in [0.717, 1.165) is 42.2 Å². The minimum absolute atomic E-state index is 0.709. The van der Waals surface area contributed by atoms with Crippen LogP contribution in [0.2, 0.25) is 0 Å². The molecule has 0 N–H and O–H groups in total. The molecule has 4 heteroatoms. The lowest BCUT2D eigenvalue weighted by atomic mass is 10.3. The summed E-state index contributed by atoms with van der Waals surface area (Å²) in [4.78, 5) is 0. The maximum Gasteiger partial charge on any atom is 0.279 e. The number of hydrogen-bond acceptors (Lipinski definition) is 3. The highest BCUT2D eigenvalue weighted by atomic mass is 28.1. The van der Waals surface area contributed by atoms with Crippen LogP contribution >= 0.6 is 0 Å². The highest BCUT2D eigenvalue weighted by Gasteiger charge is 2.25. The molecule has 0 radical (unpaired) electrons. The largest absolute Gasteiger partial charge is 0.332 e. The number of ether oxygens (including phenoxy) is 3. The first kappa shape index (κ1) is 15.1. The summed E-state index contributed by atoms with van der Waals surface area (Å²) >= 11 is 0. The average Bonchev–Trinajstić information content (AvgIpc) is 2.19. The summed E-state index contributed by atoms with van der Waals surface area (Å²) < 4.78 is 16.8. The van der Waals surface area contributed by atoms with Gasteiger partial charge in [-0.3, -0.25) is 0 Å². The molecule has 0 saturated heterocycles. The minimum Gasteiger partial charge on any atom is -0.332 e. The molecule has 0 fully saturated rings. The van der Waals surface area contributed by atoms with E-state index < -0.39 is 5.97 Å². The lowest BCUT2D eigenvalue weighted by Crippen LogP contribution is -2.37. The van der Waals surface area contributed by atoms with E-state index in [1.165, 1.54) is 0 Å². The molecule has 15 heavy (non-hydrogen) atoms. The first-order valence-electron chi connectivity index (χ1n) is 6.10. The summed E-state index contributed by atoms with van der Waals surface area (Å²) in [5.74, 6) is -0.813. The second-order valence-corrected chi connectivity index (χ2v) is 4.28. The predicted octanol–water partition coefficient (Wildman–Crippen LogP) is 1.63. The van der Waals surface area contributed by atoms with Crippen LogP contribution in [0.25, 0.3) is 0 Å². The van der Waals surface area contributed by atoms with E-state index in [0.29, 0.717) is 13.2 Å². The van der Waals surface area contributed by atoms with Crippen molar-refractivity contribution in [3.8, 4) is 0 Å². The molecule has 0 bridgehead atoms. The van der Waals surface area contributed by atoms with Crippen molar-refractivity contribution in [2.24, 2.45) is 0 Å². The molecule has 0 atom stereocenters. The minimum atomic E-state index is -0.813. The van der Waals surface area contributed by atoms with Gasteiger partial charge >= 0.3 is 0 Å². The molecule has 0 aromatic heterocycles. The fourth-order valence-electron chi connectivity index (χ4n) is 1.19. The van der Waals surface area contributed by atoms with Crippen LogP contribution in [0.15, 0.2) is 0 Å². The Labute approximate surface area is 96.9 Å². The summed E-state index contributed by atoms with van der Waals surface area (Å²) in [5.41, 5.74) is 0. The molecular weight excluding hydrogens is 208 g/mol. The van der Waals surface area contributed by atoms with Crippen LogP contribution in [-0.2, 0) is 14.2 Å². The van der Waals surface area contributed by atoms with Gasteiger partial charge in [0.1, 0.15) is 0 Å². The van der Waals surface area contributed by atoms with Crippen LogP contribution in [0.3, 0.4) is 0 Å².